The maximum absolute atomic E-state index is 3.74. The van der Waals surface area contributed by atoms with Crippen LogP contribution in [0.5, 0.6) is 0 Å². The van der Waals surface area contributed by atoms with Gasteiger partial charge in [-0.1, -0.05) is 26.7 Å². The van der Waals surface area contributed by atoms with Crippen molar-refractivity contribution in [1.82, 2.24) is 10.2 Å². The van der Waals surface area contributed by atoms with Crippen molar-refractivity contribution in [3.05, 3.63) is 0 Å². The lowest BCUT2D eigenvalue weighted by molar-refractivity contribution is 0.232. The second kappa shape index (κ2) is 7.29. The summed E-state index contributed by atoms with van der Waals surface area (Å²) in [7, 11) is 2.28. The number of nitrogens with zero attached hydrogens (tertiary/aromatic N) is 1. The highest BCUT2D eigenvalue weighted by atomic mass is 15.2. The van der Waals surface area contributed by atoms with Gasteiger partial charge in [0.1, 0.15) is 0 Å². The van der Waals surface area contributed by atoms with Crippen molar-refractivity contribution in [1.29, 1.82) is 0 Å². The molecule has 0 aromatic rings. The quantitative estimate of drug-likeness (QED) is 0.650. The van der Waals surface area contributed by atoms with Crippen molar-refractivity contribution in [2.24, 2.45) is 0 Å². The monoisotopic (exact) mass is 226 g/mol. The summed E-state index contributed by atoms with van der Waals surface area (Å²) in [6.45, 7) is 8.06. The van der Waals surface area contributed by atoms with Crippen LogP contribution in [0.3, 0.4) is 0 Å². The van der Waals surface area contributed by atoms with E-state index in [-0.39, 0.29) is 0 Å². The highest BCUT2D eigenvalue weighted by Gasteiger charge is 2.28. The average molecular weight is 226 g/mol. The molecule has 1 saturated carbocycles. The molecule has 0 spiro atoms. The third kappa shape index (κ3) is 4.84. The predicted octanol–water partition coefficient (Wildman–Crippen LogP) is 3.03. The average Bonchev–Trinajstić information content (AvgIpc) is 3.09. The van der Waals surface area contributed by atoms with E-state index in [1.165, 1.54) is 38.5 Å². The zero-order chi connectivity index (χ0) is 12.0. The molecule has 1 atom stereocenters. The summed E-state index contributed by atoms with van der Waals surface area (Å²) < 4.78 is 0. The molecule has 0 aromatic heterocycles. The number of hydrogen-bond acceptors (Lipinski definition) is 2. The van der Waals surface area contributed by atoms with Crippen molar-refractivity contribution >= 4 is 0 Å². The molecular weight excluding hydrogens is 196 g/mol. The van der Waals surface area contributed by atoms with Crippen LogP contribution in [0.25, 0.3) is 0 Å². The molecule has 1 aliphatic rings. The molecule has 0 amide bonds. The van der Waals surface area contributed by atoms with Gasteiger partial charge in [-0.25, -0.2) is 0 Å². The van der Waals surface area contributed by atoms with Crippen molar-refractivity contribution in [3.63, 3.8) is 0 Å². The molecule has 0 radical (unpaired) electrons. The smallest absolute Gasteiger partial charge is 0.0192 e. The maximum Gasteiger partial charge on any atom is 0.0192 e. The third-order valence-electron chi connectivity index (χ3n) is 3.79. The van der Waals surface area contributed by atoms with Crippen LogP contribution < -0.4 is 5.32 Å². The fourth-order valence-electron chi connectivity index (χ4n) is 2.37. The zero-order valence-electron chi connectivity index (χ0n) is 11.6. The molecule has 0 saturated heterocycles. The van der Waals surface area contributed by atoms with Crippen molar-refractivity contribution < 1.29 is 0 Å². The second-order valence-corrected chi connectivity index (χ2v) is 5.43. The zero-order valence-corrected chi connectivity index (χ0v) is 11.6. The fourth-order valence-corrected chi connectivity index (χ4v) is 2.37. The van der Waals surface area contributed by atoms with E-state index >= 15 is 0 Å². The Kier molecular flexibility index (Phi) is 6.37. The van der Waals surface area contributed by atoms with E-state index in [1.54, 1.807) is 0 Å². The number of nitrogens with one attached hydrogen (secondary N) is 1. The van der Waals surface area contributed by atoms with Gasteiger partial charge in [-0.3, -0.25) is 4.90 Å². The number of rotatable bonds is 9. The topological polar surface area (TPSA) is 15.3 Å². The largest absolute Gasteiger partial charge is 0.312 e. The van der Waals surface area contributed by atoms with Crippen LogP contribution in [-0.4, -0.2) is 36.6 Å². The molecule has 1 N–H and O–H groups in total. The molecule has 0 bridgehead atoms. The SMILES string of the molecule is CCCC(CCC)NCC(C)N(C)C1CC1. The van der Waals surface area contributed by atoms with Crippen LogP contribution in [-0.2, 0) is 0 Å². The lowest BCUT2D eigenvalue weighted by atomic mass is 10.1. The van der Waals surface area contributed by atoms with E-state index in [9.17, 15) is 0 Å². The lowest BCUT2D eigenvalue weighted by Gasteiger charge is -2.27. The van der Waals surface area contributed by atoms with Gasteiger partial charge in [-0.2, -0.15) is 0 Å². The van der Waals surface area contributed by atoms with Crippen LogP contribution >= 0.6 is 0 Å². The predicted molar refractivity (Wildman–Crippen MR) is 71.9 cm³/mol. The van der Waals surface area contributed by atoms with Gasteiger partial charge >= 0.3 is 0 Å². The standard InChI is InChI=1S/C14H30N2/c1-5-7-13(8-6-2)15-11-12(3)16(4)14-9-10-14/h12-15H,5-11H2,1-4H3. The first-order chi connectivity index (χ1) is 7.69. The Hall–Kier alpha value is -0.0800. The minimum atomic E-state index is 0.684. The Balaban J connectivity index is 2.18. The molecule has 1 rings (SSSR count). The van der Waals surface area contributed by atoms with Crippen LogP contribution in [0.1, 0.15) is 59.3 Å². The molecule has 1 unspecified atom stereocenters. The first kappa shape index (κ1) is 14.0. The Bertz CT molecular complexity index is 170. The lowest BCUT2D eigenvalue weighted by Crippen LogP contribution is -2.42. The summed E-state index contributed by atoms with van der Waals surface area (Å²) >= 11 is 0. The summed E-state index contributed by atoms with van der Waals surface area (Å²) in [5.74, 6) is 0. The van der Waals surface area contributed by atoms with E-state index in [0.29, 0.717) is 6.04 Å². The van der Waals surface area contributed by atoms with E-state index in [1.807, 2.05) is 0 Å². The summed E-state index contributed by atoms with van der Waals surface area (Å²) in [6.07, 6.45) is 8.07. The first-order valence-electron chi connectivity index (χ1n) is 7.14. The summed E-state index contributed by atoms with van der Waals surface area (Å²) in [6, 6.07) is 2.31. The Morgan fingerprint density at radius 1 is 1.19 bits per heavy atom. The Morgan fingerprint density at radius 2 is 1.75 bits per heavy atom. The van der Waals surface area contributed by atoms with E-state index in [2.05, 4.69) is 38.0 Å². The van der Waals surface area contributed by atoms with Gasteiger partial charge < -0.3 is 5.32 Å². The normalized spacial score (nSPS) is 18.4. The van der Waals surface area contributed by atoms with Crippen LogP contribution in [0.4, 0.5) is 0 Å². The molecule has 96 valence electrons. The second-order valence-electron chi connectivity index (χ2n) is 5.43. The Morgan fingerprint density at radius 3 is 2.19 bits per heavy atom. The van der Waals surface area contributed by atoms with E-state index in [4.69, 9.17) is 0 Å². The van der Waals surface area contributed by atoms with Crippen LogP contribution in [0.2, 0.25) is 0 Å². The Labute approximate surface area is 102 Å². The molecular formula is C14H30N2. The fraction of sp³-hybridized carbons (Fsp3) is 1.00. The first-order valence-corrected chi connectivity index (χ1v) is 7.14. The van der Waals surface area contributed by atoms with Gasteiger partial charge in [-0.05, 0) is 39.7 Å². The number of hydrogen-bond donors (Lipinski definition) is 1. The molecule has 16 heavy (non-hydrogen) atoms. The molecule has 2 heteroatoms. The van der Waals surface area contributed by atoms with Gasteiger partial charge in [0.05, 0.1) is 0 Å². The molecule has 0 aromatic carbocycles. The molecule has 0 aliphatic heterocycles. The van der Waals surface area contributed by atoms with Gasteiger partial charge in [-0.15, -0.1) is 0 Å². The van der Waals surface area contributed by atoms with Crippen molar-refractivity contribution in [3.8, 4) is 0 Å². The third-order valence-corrected chi connectivity index (χ3v) is 3.79. The van der Waals surface area contributed by atoms with Gasteiger partial charge in [0.2, 0.25) is 0 Å². The summed E-state index contributed by atoms with van der Waals surface area (Å²) in [4.78, 5) is 2.54. The highest BCUT2D eigenvalue weighted by Crippen LogP contribution is 2.26. The minimum absolute atomic E-state index is 0.684. The van der Waals surface area contributed by atoms with Crippen LogP contribution in [0, 0.1) is 0 Å². The maximum atomic E-state index is 3.74. The van der Waals surface area contributed by atoms with E-state index in [0.717, 1.165) is 18.6 Å². The van der Waals surface area contributed by atoms with Gasteiger partial charge in [0.25, 0.3) is 0 Å². The summed E-state index contributed by atoms with van der Waals surface area (Å²) in [5, 5.41) is 3.74. The van der Waals surface area contributed by atoms with Crippen molar-refractivity contribution in [2.75, 3.05) is 13.6 Å². The van der Waals surface area contributed by atoms with Crippen LogP contribution in [0.15, 0.2) is 0 Å². The molecule has 1 aliphatic carbocycles. The number of likely N-dealkylation sites (N-methyl/N-ethyl adjacent to an activating group) is 1. The van der Waals surface area contributed by atoms with E-state index < -0.39 is 0 Å². The summed E-state index contributed by atoms with van der Waals surface area (Å²) in [5.41, 5.74) is 0. The molecule has 1 fully saturated rings. The molecule has 0 heterocycles. The van der Waals surface area contributed by atoms with Gasteiger partial charge in [0, 0.05) is 24.7 Å². The van der Waals surface area contributed by atoms with Crippen molar-refractivity contribution in [2.45, 2.75) is 77.4 Å². The molecule has 2 nitrogen and oxygen atoms in total. The highest BCUT2D eigenvalue weighted by molar-refractivity contribution is 4.86. The van der Waals surface area contributed by atoms with Gasteiger partial charge in [0.15, 0.2) is 0 Å². The minimum Gasteiger partial charge on any atom is -0.312 e.